The lowest BCUT2D eigenvalue weighted by molar-refractivity contribution is 0.228. The molecule has 70 valence electrons. The Kier molecular flexibility index (Phi) is 4.33. The second-order valence-electron chi connectivity index (χ2n) is 3.63. The third kappa shape index (κ3) is 3.37. The van der Waals surface area contributed by atoms with Gasteiger partial charge < -0.3 is 10.2 Å². The van der Waals surface area contributed by atoms with Crippen molar-refractivity contribution >= 4 is 0 Å². The highest BCUT2D eigenvalue weighted by Crippen LogP contribution is 2.07. The standard InChI is InChI=1S/C10H20N2/c1-3-4-7-11-10-6-5-8-12(2)9-10/h3,10-11H,1,4-9H2,2H3. The van der Waals surface area contributed by atoms with E-state index in [-0.39, 0.29) is 0 Å². The maximum Gasteiger partial charge on any atom is 0.0195 e. The van der Waals surface area contributed by atoms with E-state index in [1.807, 2.05) is 6.08 Å². The molecule has 1 rings (SSSR count). The molecule has 1 heterocycles. The van der Waals surface area contributed by atoms with E-state index in [1.54, 1.807) is 0 Å². The lowest BCUT2D eigenvalue weighted by Crippen LogP contribution is -2.44. The van der Waals surface area contributed by atoms with Crippen molar-refractivity contribution in [3.63, 3.8) is 0 Å². The summed E-state index contributed by atoms with van der Waals surface area (Å²) >= 11 is 0. The Morgan fingerprint density at radius 1 is 1.67 bits per heavy atom. The van der Waals surface area contributed by atoms with E-state index in [0.717, 1.165) is 13.0 Å². The SMILES string of the molecule is C=CCCNC1CCCN(C)C1. The molecule has 1 unspecified atom stereocenters. The molecule has 1 aliphatic heterocycles. The number of hydrogen-bond donors (Lipinski definition) is 1. The largest absolute Gasteiger partial charge is 0.312 e. The number of likely N-dealkylation sites (tertiary alicyclic amines) is 1. The van der Waals surface area contributed by atoms with Crippen molar-refractivity contribution in [1.82, 2.24) is 10.2 Å². The first-order valence-corrected chi connectivity index (χ1v) is 4.85. The van der Waals surface area contributed by atoms with E-state index in [0.29, 0.717) is 6.04 Å². The normalized spacial score (nSPS) is 25.6. The minimum atomic E-state index is 0.712. The van der Waals surface area contributed by atoms with Gasteiger partial charge in [-0.15, -0.1) is 6.58 Å². The monoisotopic (exact) mass is 168 g/mol. The average molecular weight is 168 g/mol. The van der Waals surface area contributed by atoms with Crippen LogP contribution in [0.15, 0.2) is 12.7 Å². The lowest BCUT2D eigenvalue weighted by Gasteiger charge is -2.30. The third-order valence-corrected chi connectivity index (χ3v) is 2.41. The van der Waals surface area contributed by atoms with Gasteiger partial charge in [0.25, 0.3) is 0 Å². The van der Waals surface area contributed by atoms with Crippen LogP contribution in [0.4, 0.5) is 0 Å². The second kappa shape index (κ2) is 5.33. The summed E-state index contributed by atoms with van der Waals surface area (Å²) in [6, 6.07) is 0.712. The molecule has 1 atom stereocenters. The molecule has 0 aromatic rings. The van der Waals surface area contributed by atoms with Gasteiger partial charge in [-0.2, -0.15) is 0 Å². The molecule has 0 amide bonds. The molecule has 0 aliphatic carbocycles. The molecule has 0 saturated carbocycles. The topological polar surface area (TPSA) is 15.3 Å². The first-order valence-electron chi connectivity index (χ1n) is 4.85. The smallest absolute Gasteiger partial charge is 0.0195 e. The summed E-state index contributed by atoms with van der Waals surface area (Å²) < 4.78 is 0. The molecule has 0 bridgehead atoms. The summed E-state index contributed by atoms with van der Waals surface area (Å²) in [5, 5.41) is 3.54. The van der Waals surface area contributed by atoms with Gasteiger partial charge in [0.2, 0.25) is 0 Å². The lowest BCUT2D eigenvalue weighted by atomic mass is 10.1. The predicted molar refractivity (Wildman–Crippen MR) is 53.3 cm³/mol. The summed E-state index contributed by atoms with van der Waals surface area (Å²) in [7, 11) is 2.20. The van der Waals surface area contributed by atoms with Crippen molar-refractivity contribution in [2.75, 3.05) is 26.7 Å². The van der Waals surface area contributed by atoms with E-state index in [4.69, 9.17) is 0 Å². The Hall–Kier alpha value is -0.340. The number of likely N-dealkylation sites (N-methyl/N-ethyl adjacent to an activating group) is 1. The van der Waals surface area contributed by atoms with E-state index in [1.165, 1.54) is 25.9 Å². The first-order chi connectivity index (χ1) is 5.83. The van der Waals surface area contributed by atoms with E-state index in [9.17, 15) is 0 Å². The minimum Gasteiger partial charge on any atom is -0.312 e. The number of rotatable bonds is 4. The maximum absolute atomic E-state index is 3.71. The first kappa shape index (κ1) is 9.75. The van der Waals surface area contributed by atoms with Crippen LogP contribution in [-0.4, -0.2) is 37.6 Å². The average Bonchev–Trinajstić information content (AvgIpc) is 2.05. The van der Waals surface area contributed by atoms with Crippen LogP contribution in [0, 0.1) is 0 Å². The van der Waals surface area contributed by atoms with Gasteiger partial charge in [-0.1, -0.05) is 6.08 Å². The molecule has 1 N–H and O–H groups in total. The van der Waals surface area contributed by atoms with Gasteiger partial charge in [0.05, 0.1) is 0 Å². The van der Waals surface area contributed by atoms with Crippen molar-refractivity contribution < 1.29 is 0 Å². The van der Waals surface area contributed by atoms with Gasteiger partial charge in [0, 0.05) is 12.6 Å². The quantitative estimate of drug-likeness (QED) is 0.502. The van der Waals surface area contributed by atoms with Gasteiger partial charge >= 0.3 is 0 Å². The Balaban J connectivity index is 2.09. The van der Waals surface area contributed by atoms with Crippen LogP contribution in [0.3, 0.4) is 0 Å². The van der Waals surface area contributed by atoms with Gasteiger partial charge in [0.1, 0.15) is 0 Å². The Morgan fingerprint density at radius 3 is 3.17 bits per heavy atom. The number of hydrogen-bond acceptors (Lipinski definition) is 2. The Morgan fingerprint density at radius 2 is 2.50 bits per heavy atom. The molecular formula is C10H20N2. The van der Waals surface area contributed by atoms with E-state index < -0.39 is 0 Å². The molecule has 0 radical (unpaired) electrons. The molecule has 0 spiro atoms. The van der Waals surface area contributed by atoms with E-state index >= 15 is 0 Å². The molecule has 1 fully saturated rings. The highest BCUT2D eigenvalue weighted by Gasteiger charge is 2.15. The van der Waals surface area contributed by atoms with Crippen molar-refractivity contribution in [2.24, 2.45) is 0 Å². The number of piperidine rings is 1. The fourth-order valence-electron chi connectivity index (χ4n) is 1.72. The number of nitrogens with one attached hydrogen (secondary N) is 1. The summed E-state index contributed by atoms with van der Waals surface area (Å²) in [4.78, 5) is 2.40. The van der Waals surface area contributed by atoms with Crippen LogP contribution in [0.25, 0.3) is 0 Å². The molecule has 0 aromatic heterocycles. The zero-order chi connectivity index (χ0) is 8.81. The maximum atomic E-state index is 3.71. The molecule has 2 nitrogen and oxygen atoms in total. The zero-order valence-electron chi connectivity index (χ0n) is 8.05. The Bertz CT molecular complexity index is 134. The van der Waals surface area contributed by atoms with Crippen molar-refractivity contribution in [1.29, 1.82) is 0 Å². The summed E-state index contributed by atoms with van der Waals surface area (Å²) in [6.45, 7) is 7.26. The fourth-order valence-corrected chi connectivity index (χ4v) is 1.72. The highest BCUT2D eigenvalue weighted by atomic mass is 15.1. The molecule has 12 heavy (non-hydrogen) atoms. The van der Waals surface area contributed by atoms with Gasteiger partial charge in [-0.25, -0.2) is 0 Å². The summed E-state index contributed by atoms with van der Waals surface area (Å²) in [5.41, 5.74) is 0. The highest BCUT2D eigenvalue weighted by molar-refractivity contribution is 4.77. The molecule has 1 saturated heterocycles. The van der Waals surface area contributed by atoms with Crippen molar-refractivity contribution in [3.05, 3.63) is 12.7 Å². The van der Waals surface area contributed by atoms with E-state index in [2.05, 4.69) is 23.8 Å². The van der Waals surface area contributed by atoms with Crippen LogP contribution in [0.5, 0.6) is 0 Å². The third-order valence-electron chi connectivity index (χ3n) is 2.41. The minimum absolute atomic E-state index is 0.712. The van der Waals surface area contributed by atoms with Crippen LogP contribution < -0.4 is 5.32 Å². The van der Waals surface area contributed by atoms with Gasteiger partial charge in [-0.3, -0.25) is 0 Å². The van der Waals surface area contributed by atoms with Crippen molar-refractivity contribution in [3.8, 4) is 0 Å². The van der Waals surface area contributed by atoms with Gasteiger partial charge in [-0.05, 0) is 39.4 Å². The zero-order valence-corrected chi connectivity index (χ0v) is 8.05. The second-order valence-corrected chi connectivity index (χ2v) is 3.63. The molecular weight excluding hydrogens is 148 g/mol. The van der Waals surface area contributed by atoms with Crippen LogP contribution in [0.2, 0.25) is 0 Å². The summed E-state index contributed by atoms with van der Waals surface area (Å²) in [5.74, 6) is 0. The van der Waals surface area contributed by atoms with Crippen LogP contribution >= 0.6 is 0 Å². The Labute approximate surface area is 75.6 Å². The van der Waals surface area contributed by atoms with Crippen LogP contribution in [0.1, 0.15) is 19.3 Å². The fraction of sp³-hybridized carbons (Fsp3) is 0.800. The molecule has 2 heteroatoms. The predicted octanol–water partition coefficient (Wildman–Crippen LogP) is 1.25. The van der Waals surface area contributed by atoms with Gasteiger partial charge in [0.15, 0.2) is 0 Å². The summed E-state index contributed by atoms with van der Waals surface area (Å²) in [6.07, 6.45) is 5.73. The van der Waals surface area contributed by atoms with Crippen molar-refractivity contribution in [2.45, 2.75) is 25.3 Å². The molecule has 1 aliphatic rings. The number of nitrogens with zero attached hydrogens (tertiary/aromatic N) is 1. The van der Waals surface area contributed by atoms with Crippen LogP contribution in [-0.2, 0) is 0 Å². The molecule has 0 aromatic carbocycles.